The van der Waals surface area contributed by atoms with E-state index in [4.69, 9.17) is 9.47 Å². The van der Waals surface area contributed by atoms with Crippen molar-refractivity contribution < 1.29 is 24.2 Å². The molecule has 1 fully saturated rings. The van der Waals surface area contributed by atoms with Crippen molar-refractivity contribution >= 4 is 17.8 Å². The predicted molar refractivity (Wildman–Crippen MR) is 140 cm³/mol. The molecule has 2 atom stereocenters. The largest absolute Gasteiger partial charge is 0.507 e. The van der Waals surface area contributed by atoms with Gasteiger partial charge in [0.05, 0.1) is 23.8 Å². The summed E-state index contributed by atoms with van der Waals surface area (Å²) in [5.41, 5.74) is 3.93. The Morgan fingerprint density at radius 1 is 1.13 bits per heavy atom. The maximum absolute atomic E-state index is 13.3. The fourth-order valence-electron chi connectivity index (χ4n) is 6.07. The second-order valence-corrected chi connectivity index (χ2v) is 10.3. The number of methoxy groups -OCH3 is 1. The van der Waals surface area contributed by atoms with Gasteiger partial charge in [-0.25, -0.2) is 4.79 Å². The number of carbonyl (C=O) groups excluding carboxylic acids is 2. The monoisotopic (exact) mass is 512 g/mol. The summed E-state index contributed by atoms with van der Waals surface area (Å²) in [6, 6.07) is 13.8. The topological polar surface area (TPSA) is 98.1 Å². The van der Waals surface area contributed by atoms with E-state index in [0.717, 1.165) is 25.2 Å². The summed E-state index contributed by atoms with van der Waals surface area (Å²) < 4.78 is 12.7. The normalized spacial score (nSPS) is 21.1. The van der Waals surface area contributed by atoms with Crippen molar-refractivity contribution in [2.45, 2.75) is 32.4 Å². The van der Waals surface area contributed by atoms with Crippen molar-refractivity contribution in [2.24, 2.45) is 5.92 Å². The number of likely N-dealkylation sites (tertiary alicyclic amines) is 1. The highest BCUT2D eigenvalue weighted by atomic mass is 16.5. The minimum atomic E-state index is -0.432. The molecule has 2 aromatic carbocycles. The first-order valence-corrected chi connectivity index (χ1v) is 12.7. The van der Waals surface area contributed by atoms with Crippen LogP contribution in [0.4, 0.5) is 0 Å². The second-order valence-electron chi connectivity index (χ2n) is 10.3. The first-order chi connectivity index (χ1) is 18.3. The van der Waals surface area contributed by atoms with Gasteiger partial charge < -0.3 is 19.1 Å². The van der Waals surface area contributed by atoms with Gasteiger partial charge in [-0.3, -0.25) is 14.5 Å². The molecule has 4 heterocycles. The van der Waals surface area contributed by atoms with E-state index in [1.807, 2.05) is 16.7 Å². The summed E-state index contributed by atoms with van der Waals surface area (Å²) in [4.78, 5) is 39.7. The molecular weight excluding hydrogens is 484 g/mol. The Bertz CT molecular complexity index is 1550. The highest BCUT2D eigenvalue weighted by Gasteiger charge is 2.37. The first kappa shape index (κ1) is 24.2. The molecule has 0 spiro atoms. The SMILES string of the molecule is COC(=O)c1ccc(/C=C2/Oc3c(CN4C[C@@H]5C[C@H](C4)c4cccc(=O)n4C5)c(O)cc(C)c3C2=O)cc1. The minimum absolute atomic E-state index is 0.0470. The highest BCUT2D eigenvalue weighted by Crippen LogP contribution is 2.43. The summed E-state index contributed by atoms with van der Waals surface area (Å²) in [5.74, 6) is 0.584. The molecule has 3 aromatic rings. The lowest BCUT2D eigenvalue weighted by molar-refractivity contribution is 0.0600. The van der Waals surface area contributed by atoms with Gasteiger partial charge in [-0.15, -0.1) is 0 Å². The van der Waals surface area contributed by atoms with E-state index in [9.17, 15) is 19.5 Å². The molecular formula is C30H28N2O6. The molecule has 0 unspecified atom stereocenters. The summed E-state index contributed by atoms with van der Waals surface area (Å²) in [5, 5.41) is 10.9. The average molecular weight is 513 g/mol. The van der Waals surface area contributed by atoms with Gasteiger partial charge in [-0.2, -0.15) is 0 Å². The van der Waals surface area contributed by atoms with Gasteiger partial charge in [-0.1, -0.05) is 18.2 Å². The molecule has 1 N–H and O–H groups in total. The summed E-state index contributed by atoms with van der Waals surface area (Å²) >= 11 is 0. The average Bonchev–Trinajstić information content (AvgIpc) is 3.23. The van der Waals surface area contributed by atoms with E-state index in [1.54, 1.807) is 49.4 Å². The zero-order valence-electron chi connectivity index (χ0n) is 21.3. The van der Waals surface area contributed by atoms with Crippen LogP contribution >= 0.6 is 0 Å². The lowest BCUT2D eigenvalue weighted by Crippen LogP contribution is -2.46. The number of ether oxygens (including phenoxy) is 2. The van der Waals surface area contributed by atoms with Crippen LogP contribution < -0.4 is 10.3 Å². The fourth-order valence-corrected chi connectivity index (χ4v) is 6.07. The Morgan fingerprint density at radius 3 is 2.68 bits per heavy atom. The number of piperidine rings is 1. The summed E-state index contributed by atoms with van der Waals surface area (Å²) in [7, 11) is 1.33. The molecule has 6 rings (SSSR count). The van der Waals surface area contributed by atoms with E-state index in [-0.39, 0.29) is 28.8 Å². The standard InChI is InChI=1S/C30H28N2O6/c1-17-10-24(33)22(16-31-13-19-11-21(15-31)23-4-3-5-26(34)32(23)14-19)29-27(17)28(35)25(38-29)12-18-6-8-20(9-7-18)30(36)37-2/h3-10,12,19,21,33H,11,13-16H2,1-2H3/b25-12+/t19-,21+/m0/s1. The lowest BCUT2D eigenvalue weighted by Gasteiger charge is -2.43. The second kappa shape index (κ2) is 9.29. The number of carbonyl (C=O) groups is 2. The molecule has 0 radical (unpaired) electrons. The van der Waals surface area contributed by atoms with Crippen LogP contribution in [0, 0.1) is 12.8 Å². The zero-order valence-corrected chi connectivity index (χ0v) is 21.3. The third-order valence-corrected chi connectivity index (χ3v) is 7.79. The molecule has 1 saturated heterocycles. The molecule has 8 nitrogen and oxygen atoms in total. The van der Waals surface area contributed by atoms with Crippen molar-refractivity contribution in [2.75, 3.05) is 20.2 Å². The van der Waals surface area contributed by atoms with Gasteiger partial charge in [0.25, 0.3) is 5.56 Å². The molecule has 38 heavy (non-hydrogen) atoms. The van der Waals surface area contributed by atoms with Crippen LogP contribution in [0.3, 0.4) is 0 Å². The van der Waals surface area contributed by atoms with Crippen LogP contribution in [0.2, 0.25) is 0 Å². The van der Waals surface area contributed by atoms with Gasteiger partial charge in [0.2, 0.25) is 5.78 Å². The number of ketones is 1. The van der Waals surface area contributed by atoms with Crippen LogP contribution in [0.1, 0.15) is 55.4 Å². The van der Waals surface area contributed by atoms with Crippen LogP contribution in [-0.4, -0.2) is 46.5 Å². The number of aromatic nitrogens is 1. The van der Waals surface area contributed by atoms with Crippen molar-refractivity contribution in [1.29, 1.82) is 0 Å². The van der Waals surface area contributed by atoms with Gasteiger partial charge in [0.15, 0.2) is 5.76 Å². The maximum Gasteiger partial charge on any atom is 0.337 e. The van der Waals surface area contributed by atoms with E-state index >= 15 is 0 Å². The smallest absolute Gasteiger partial charge is 0.337 e. The van der Waals surface area contributed by atoms with Crippen LogP contribution in [0.25, 0.3) is 6.08 Å². The molecule has 194 valence electrons. The number of phenols is 1. The first-order valence-electron chi connectivity index (χ1n) is 12.7. The number of aryl methyl sites for hydroxylation is 1. The number of aromatic hydroxyl groups is 1. The van der Waals surface area contributed by atoms with Gasteiger partial charge >= 0.3 is 5.97 Å². The quantitative estimate of drug-likeness (QED) is 0.418. The fraction of sp³-hybridized carbons (Fsp3) is 0.300. The molecule has 0 aliphatic carbocycles. The van der Waals surface area contributed by atoms with Crippen LogP contribution in [-0.2, 0) is 17.8 Å². The van der Waals surface area contributed by atoms with Gasteiger partial charge in [0.1, 0.15) is 11.5 Å². The van der Waals surface area contributed by atoms with Crippen molar-refractivity contribution in [3.8, 4) is 11.5 Å². The van der Waals surface area contributed by atoms with Crippen molar-refractivity contribution in [3.63, 3.8) is 0 Å². The molecule has 3 aliphatic rings. The molecule has 3 aliphatic heterocycles. The maximum atomic E-state index is 13.3. The molecule has 0 saturated carbocycles. The number of allylic oxidation sites excluding steroid dienone is 1. The number of phenolic OH excluding ortho intramolecular Hbond substituents is 1. The van der Waals surface area contributed by atoms with Gasteiger partial charge in [0, 0.05) is 43.9 Å². The number of rotatable bonds is 4. The third kappa shape index (κ3) is 4.11. The van der Waals surface area contributed by atoms with Crippen LogP contribution in [0.5, 0.6) is 11.5 Å². The van der Waals surface area contributed by atoms with Crippen LogP contribution in [0.15, 0.2) is 59.1 Å². The van der Waals surface area contributed by atoms with Gasteiger partial charge in [-0.05, 0) is 60.7 Å². The lowest BCUT2D eigenvalue weighted by atomic mass is 9.83. The predicted octanol–water partition coefficient (Wildman–Crippen LogP) is 3.88. The number of Topliss-reactive ketones (excluding diaryl/α,β-unsaturated/α-hetero) is 1. The Balaban J connectivity index is 1.28. The Hall–Kier alpha value is -4.17. The molecule has 1 aromatic heterocycles. The summed E-state index contributed by atoms with van der Waals surface area (Å²) in [6.07, 6.45) is 2.68. The van der Waals surface area contributed by atoms with Crippen molar-refractivity contribution in [1.82, 2.24) is 9.47 Å². The van der Waals surface area contributed by atoms with Crippen molar-refractivity contribution in [3.05, 3.63) is 98.2 Å². The molecule has 0 amide bonds. The van der Waals surface area contributed by atoms with E-state index in [2.05, 4.69) is 4.90 Å². The minimum Gasteiger partial charge on any atom is -0.507 e. The van der Waals surface area contributed by atoms with E-state index < -0.39 is 5.97 Å². The highest BCUT2D eigenvalue weighted by molar-refractivity contribution is 6.15. The molecule has 2 bridgehead atoms. The third-order valence-electron chi connectivity index (χ3n) is 7.79. The Kier molecular flexibility index (Phi) is 5.91. The molecule has 8 heteroatoms. The van der Waals surface area contributed by atoms with E-state index in [1.165, 1.54) is 7.11 Å². The number of benzene rings is 2. The number of hydrogen-bond acceptors (Lipinski definition) is 7. The Morgan fingerprint density at radius 2 is 1.92 bits per heavy atom. The number of pyridine rings is 1. The number of esters is 1. The number of hydrogen-bond donors (Lipinski definition) is 1. The summed E-state index contributed by atoms with van der Waals surface area (Å²) in [6.45, 7) is 4.47. The zero-order chi connectivity index (χ0) is 26.6. The number of fused-ring (bicyclic) bond motifs is 5. The Labute approximate surface area is 219 Å². The number of nitrogens with zero attached hydrogens (tertiary/aromatic N) is 2. The van der Waals surface area contributed by atoms with E-state index in [0.29, 0.717) is 52.6 Å².